The van der Waals surface area contributed by atoms with Crippen LogP contribution in [-0.2, 0) is 6.54 Å². The third-order valence-corrected chi connectivity index (χ3v) is 2.75. The Hall–Kier alpha value is -1.20. The zero-order valence-corrected chi connectivity index (χ0v) is 13.3. The Morgan fingerprint density at radius 3 is 2.40 bits per heavy atom. The number of hydrogen-bond acceptors (Lipinski definition) is 4. The summed E-state index contributed by atoms with van der Waals surface area (Å²) in [4.78, 5) is 5.71. The van der Waals surface area contributed by atoms with Crippen LogP contribution >= 0.6 is 0 Å². The molecule has 0 saturated heterocycles. The van der Waals surface area contributed by atoms with Crippen molar-refractivity contribution in [3.63, 3.8) is 0 Å². The topological polar surface area (TPSA) is 48.4 Å². The number of likely N-dealkylation sites (N-methyl/N-ethyl adjacent to an activating group) is 1. The lowest BCUT2D eigenvalue weighted by Crippen LogP contribution is -2.37. The van der Waals surface area contributed by atoms with Gasteiger partial charge in [-0.25, -0.2) is 9.37 Å². The number of aromatic nitrogens is 1. The molecule has 114 valence electrons. The van der Waals surface area contributed by atoms with Gasteiger partial charge in [0.15, 0.2) is 11.6 Å². The van der Waals surface area contributed by atoms with E-state index in [9.17, 15) is 9.50 Å². The second-order valence-corrected chi connectivity index (χ2v) is 6.88. The standard InChI is InChI=1S/C15H26FN3O/c1-14(2,3)18-9-11-7-8-17-13(12(11)16)19(6)10-15(4,5)20/h7-8,18,20H,9-10H2,1-6H3. The van der Waals surface area contributed by atoms with Gasteiger partial charge in [-0.3, -0.25) is 0 Å². The van der Waals surface area contributed by atoms with E-state index < -0.39 is 5.60 Å². The van der Waals surface area contributed by atoms with E-state index >= 15 is 0 Å². The van der Waals surface area contributed by atoms with Crippen LogP contribution in [0.3, 0.4) is 0 Å². The second-order valence-electron chi connectivity index (χ2n) is 6.88. The molecule has 0 unspecified atom stereocenters. The Bertz CT molecular complexity index is 449. The van der Waals surface area contributed by atoms with Crippen molar-refractivity contribution in [1.29, 1.82) is 0 Å². The second kappa shape index (κ2) is 6.06. The molecule has 0 spiro atoms. The van der Waals surface area contributed by atoms with Gasteiger partial charge in [0.1, 0.15) is 0 Å². The molecule has 20 heavy (non-hydrogen) atoms. The summed E-state index contributed by atoms with van der Waals surface area (Å²) >= 11 is 0. The summed E-state index contributed by atoms with van der Waals surface area (Å²) in [6.45, 7) is 10.2. The maximum absolute atomic E-state index is 14.4. The lowest BCUT2D eigenvalue weighted by Gasteiger charge is -2.27. The Morgan fingerprint density at radius 2 is 1.90 bits per heavy atom. The minimum atomic E-state index is -0.900. The van der Waals surface area contributed by atoms with E-state index in [0.717, 1.165) is 0 Å². The molecular weight excluding hydrogens is 257 g/mol. The highest BCUT2D eigenvalue weighted by molar-refractivity contribution is 5.42. The van der Waals surface area contributed by atoms with Gasteiger partial charge in [-0.05, 0) is 40.7 Å². The molecule has 0 saturated carbocycles. The van der Waals surface area contributed by atoms with Crippen LogP contribution in [0.1, 0.15) is 40.2 Å². The molecule has 4 nitrogen and oxygen atoms in total. The van der Waals surface area contributed by atoms with Crippen LogP contribution in [0.2, 0.25) is 0 Å². The zero-order chi connectivity index (χ0) is 15.6. The van der Waals surface area contributed by atoms with Crippen molar-refractivity contribution < 1.29 is 9.50 Å². The highest BCUT2D eigenvalue weighted by Crippen LogP contribution is 2.20. The van der Waals surface area contributed by atoms with Gasteiger partial charge in [0.05, 0.1) is 5.60 Å². The van der Waals surface area contributed by atoms with Gasteiger partial charge in [0.25, 0.3) is 0 Å². The number of pyridine rings is 1. The van der Waals surface area contributed by atoms with Gasteiger partial charge in [0, 0.05) is 37.4 Å². The lowest BCUT2D eigenvalue weighted by atomic mass is 10.1. The molecule has 1 rings (SSSR count). The number of nitrogens with one attached hydrogen (secondary N) is 1. The van der Waals surface area contributed by atoms with E-state index in [0.29, 0.717) is 18.7 Å². The molecule has 0 amide bonds. The van der Waals surface area contributed by atoms with Crippen molar-refractivity contribution in [2.24, 2.45) is 0 Å². The summed E-state index contributed by atoms with van der Waals surface area (Å²) in [6, 6.07) is 1.68. The molecule has 5 heteroatoms. The van der Waals surface area contributed by atoms with Crippen LogP contribution in [0.4, 0.5) is 10.2 Å². The van der Waals surface area contributed by atoms with Crippen LogP contribution in [-0.4, -0.2) is 34.8 Å². The monoisotopic (exact) mass is 283 g/mol. The average molecular weight is 283 g/mol. The third kappa shape index (κ3) is 5.43. The third-order valence-electron chi connectivity index (χ3n) is 2.75. The van der Waals surface area contributed by atoms with Crippen LogP contribution in [0.25, 0.3) is 0 Å². The fourth-order valence-electron chi connectivity index (χ4n) is 1.89. The highest BCUT2D eigenvalue weighted by Gasteiger charge is 2.20. The summed E-state index contributed by atoms with van der Waals surface area (Å²) in [5.74, 6) is -0.0728. The fourth-order valence-corrected chi connectivity index (χ4v) is 1.89. The van der Waals surface area contributed by atoms with Crippen molar-refractivity contribution in [2.45, 2.75) is 52.3 Å². The number of hydrogen-bond donors (Lipinski definition) is 2. The van der Waals surface area contributed by atoms with Crippen molar-refractivity contribution in [1.82, 2.24) is 10.3 Å². The average Bonchev–Trinajstić information content (AvgIpc) is 2.24. The van der Waals surface area contributed by atoms with E-state index in [2.05, 4.69) is 10.3 Å². The Balaban J connectivity index is 2.89. The Labute approximate surface area is 121 Å². The van der Waals surface area contributed by atoms with Crippen molar-refractivity contribution in [2.75, 3.05) is 18.5 Å². The molecule has 0 aliphatic heterocycles. The predicted octanol–water partition coefficient (Wildman–Crippen LogP) is 2.32. The zero-order valence-electron chi connectivity index (χ0n) is 13.3. The van der Waals surface area contributed by atoms with Crippen LogP contribution in [0.5, 0.6) is 0 Å². The minimum Gasteiger partial charge on any atom is -0.389 e. The summed E-state index contributed by atoms with van der Waals surface area (Å²) in [7, 11) is 1.73. The minimum absolute atomic E-state index is 0.0745. The molecule has 0 atom stereocenters. The largest absolute Gasteiger partial charge is 0.389 e. The van der Waals surface area contributed by atoms with Crippen molar-refractivity contribution >= 4 is 5.82 Å². The van der Waals surface area contributed by atoms with Gasteiger partial charge in [0.2, 0.25) is 0 Å². The Kier molecular flexibility index (Phi) is 5.10. The molecule has 1 aromatic heterocycles. The number of anilines is 1. The summed E-state index contributed by atoms with van der Waals surface area (Å²) in [6.07, 6.45) is 1.60. The van der Waals surface area contributed by atoms with E-state index in [4.69, 9.17) is 0 Å². The van der Waals surface area contributed by atoms with Gasteiger partial charge in [-0.1, -0.05) is 0 Å². The van der Waals surface area contributed by atoms with E-state index in [1.807, 2.05) is 20.8 Å². The number of aliphatic hydroxyl groups is 1. The molecule has 0 aliphatic rings. The molecule has 1 aromatic rings. The van der Waals surface area contributed by atoms with Crippen LogP contribution < -0.4 is 10.2 Å². The molecule has 0 radical (unpaired) electrons. The molecule has 0 aliphatic carbocycles. The summed E-state index contributed by atoms with van der Waals surface area (Å²) < 4.78 is 14.4. The molecule has 1 heterocycles. The number of nitrogens with zero attached hydrogens (tertiary/aromatic N) is 2. The van der Waals surface area contributed by atoms with Crippen molar-refractivity contribution in [3.05, 3.63) is 23.6 Å². The quantitative estimate of drug-likeness (QED) is 0.870. The first-order valence-corrected chi connectivity index (χ1v) is 6.81. The first kappa shape index (κ1) is 16.9. The predicted molar refractivity (Wildman–Crippen MR) is 80.4 cm³/mol. The SMILES string of the molecule is CN(CC(C)(C)O)c1nccc(CNC(C)(C)C)c1F. The van der Waals surface area contributed by atoms with E-state index in [-0.39, 0.29) is 17.2 Å². The van der Waals surface area contributed by atoms with Gasteiger partial charge < -0.3 is 15.3 Å². The van der Waals surface area contributed by atoms with E-state index in [1.165, 1.54) is 0 Å². The number of halogens is 1. The van der Waals surface area contributed by atoms with Gasteiger partial charge >= 0.3 is 0 Å². The molecule has 0 bridgehead atoms. The summed E-state index contributed by atoms with van der Waals surface area (Å²) in [5.41, 5.74) is -0.398. The van der Waals surface area contributed by atoms with Crippen LogP contribution in [0, 0.1) is 5.82 Å². The maximum atomic E-state index is 14.4. The van der Waals surface area contributed by atoms with Gasteiger partial charge in [-0.15, -0.1) is 0 Å². The Morgan fingerprint density at radius 1 is 1.30 bits per heavy atom. The first-order chi connectivity index (χ1) is 8.99. The van der Waals surface area contributed by atoms with Crippen molar-refractivity contribution in [3.8, 4) is 0 Å². The van der Waals surface area contributed by atoms with Crippen LogP contribution in [0.15, 0.2) is 12.3 Å². The molecule has 2 N–H and O–H groups in total. The molecule has 0 fully saturated rings. The lowest BCUT2D eigenvalue weighted by molar-refractivity contribution is 0.0883. The highest BCUT2D eigenvalue weighted by atomic mass is 19.1. The first-order valence-electron chi connectivity index (χ1n) is 6.81. The smallest absolute Gasteiger partial charge is 0.170 e. The van der Waals surface area contributed by atoms with E-state index in [1.54, 1.807) is 38.1 Å². The molecular formula is C15H26FN3O. The number of rotatable bonds is 5. The molecule has 0 aromatic carbocycles. The fraction of sp³-hybridized carbons (Fsp3) is 0.667. The normalized spacial score (nSPS) is 12.6. The summed E-state index contributed by atoms with van der Waals surface area (Å²) in [5, 5.41) is 13.1. The maximum Gasteiger partial charge on any atom is 0.170 e. The van der Waals surface area contributed by atoms with Gasteiger partial charge in [-0.2, -0.15) is 0 Å².